The molecule has 0 saturated heterocycles. The summed E-state index contributed by atoms with van der Waals surface area (Å²) in [5, 5.41) is 8.63. The molecule has 0 radical (unpaired) electrons. The fraction of sp³-hybridized carbons (Fsp3) is 0.923. The predicted molar refractivity (Wildman–Crippen MR) is 67.2 cm³/mol. The molecule has 1 unspecified atom stereocenters. The van der Waals surface area contributed by atoms with E-state index < -0.39 is 5.97 Å². The molecule has 0 aliphatic carbocycles. The molecule has 17 heavy (non-hydrogen) atoms. The largest absolute Gasteiger partial charge is 0.481 e. The van der Waals surface area contributed by atoms with Gasteiger partial charge in [0.25, 0.3) is 0 Å². The second-order valence-electron chi connectivity index (χ2n) is 5.26. The summed E-state index contributed by atoms with van der Waals surface area (Å²) >= 11 is 0. The molecule has 0 aliphatic rings. The number of carboxylic acid groups (broad SMARTS) is 1. The minimum Gasteiger partial charge on any atom is -0.481 e. The molecule has 0 bridgehead atoms. The fourth-order valence-corrected chi connectivity index (χ4v) is 1.45. The van der Waals surface area contributed by atoms with Crippen molar-refractivity contribution in [3.63, 3.8) is 0 Å². The monoisotopic (exact) mass is 246 g/mol. The van der Waals surface area contributed by atoms with Crippen LogP contribution >= 0.6 is 0 Å². The van der Waals surface area contributed by atoms with Gasteiger partial charge in [0.1, 0.15) is 0 Å². The number of ether oxygens (including phenoxy) is 2. The lowest BCUT2D eigenvalue weighted by Crippen LogP contribution is -2.32. The molecule has 0 aromatic rings. The first kappa shape index (κ1) is 16.4. The van der Waals surface area contributed by atoms with Crippen molar-refractivity contribution in [1.82, 2.24) is 0 Å². The highest BCUT2D eigenvalue weighted by Crippen LogP contribution is 2.22. The lowest BCUT2D eigenvalue weighted by molar-refractivity contribution is -0.139. The highest BCUT2D eigenvalue weighted by molar-refractivity contribution is 5.66. The van der Waals surface area contributed by atoms with Gasteiger partial charge < -0.3 is 14.6 Å². The minimum absolute atomic E-state index is 0.141. The molecule has 0 spiro atoms. The number of hydrogen-bond donors (Lipinski definition) is 1. The van der Waals surface area contributed by atoms with Gasteiger partial charge in [-0.3, -0.25) is 4.79 Å². The van der Waals surface area contributed by atoms with Crippen molar-refractivity contribution in [1.29, 1.82) is 0 Å². The van der Waals surface area contributed by atoms with E-state index in [1.54, 1.807) is 7.11 Å². The molecule has 1 atom stereocenters. The Balaban J connectivity index is 3.97. The highest BCUT2D eigenvalue weighted by Gasteiger charge is 2.24. The molecule has 0 saturated carbocycles. The van der Waals surface area contributed by atoms with E-state index in [0.29, 0.717) is 13.0 Å². The fourth-order valence-electron chi connectivity index (χ4n) is 1.45. The number of methoxy groups -OCH3 is 1. The maximum absolute atomic E-state index is 10.5. The van der Waals surface area contributed by atoms with Gasteiger partial charge in [-0.1, -0.05) is 6.92 Å². The van der Waals surface area contributed by atoms with E-state index in [1.807, 2.05) is 13.8 Å². The first-order valence-corrected chi connectivity index (χ1v) is 6.15. The summed E-state index contributed by atoms with van der Waals surface area (Å²) < 4.78 is 11.2. The van der Waals surface area contributed by atoms with Crippen LogP contribution in [0.5, 0.6) is 0 Å². The van der Waals surface area contributed by atoms with Crippen molar-refractivity contribution in [2.24, 2.45) is 0 Å². The van der Waals surface area contributed by atoms with E-state index in [0.717, 1.165) is 12.8 Å². The second kappa shape index (κ2) is 6.97. The van der Waals surface area contributed by atoms with E-state index in [2.05, 4.69) is 13.8 Å². The van der Waals surface area contributed by atoms with E-state index >= 15 is 0 Å². The Morgan fingerprint density at radius 3 is 2.24 bits per heavy atom. The van der Waals surface area contributed by atoms with Gasteiger partial charge >= 0.3 is 5.97 Å². The standard InChI is InChI=1S/C13H26O4/c1-6-13(4,16-5)9-10-17-12(2,3)8-7-11(14)15/h6-10H2,1-5H3,(H,14,15). The van der Waals surface area contributed by atoms with Crippen LogP contribution in [0, 0.1) is 0 Å². The summed E-state index contributed by atoms with van der Waals surface area (Å²) in [6.45, 7) is 8.57. The summed E-state index contributed by atoms with van der Waals surface area (Å²) in [7, 11) is 1.71. The third-order valence-electron chi connectivity index (χ3n) is 3.31. The molecule has 0 aliphatic heterocycles. The first-order chi connectivity index (χ1) is 7.74. The SMILES string of the molecule is CCC(C)(CCOC(C)(C)CCC(=O)O)OC. The molecule has 0 heterocycles. The summed E-state index contributed by atoms with van der Waals surface area (Å²) in [6, 6.07) is 0. The van der Waals surface area contributed by atoms with Gasteiger partial charge in [-0.2, -0.15) is 0 Å². The Morgan fingerprint density at radius 1 is 1.24 bits per heavy atom. The quantitative estimate of drug-likeness (QED) is 0.679. The molecule has 0 aromatic heterocycles. The zero-order chi connectivity index (χ0) is 13.5. The van der Waals surface area contributed by atoms with Crippen molar-refractivity contribution in [2.45, 2.75) is 64.6 Å². The van der Waals surface area contributed by atoms with Crippen LogP contribution in [0.25, 0.3) is 0 Å². The van der Waals surface area contributed by atoms with Crippen molar-refractivity contribution < 1.29 is 19.4 Å². The molecule has 1 N–H and O–H groups in total. The molecular formula is C13H26O4. The number of hydrogen-bond acceptors (Lipinski definition) is 3. The molecule has 0 fully saturated rings. The molecule has 4 nitrogen and oxygen atoms in total. The average molecular weight is 246 g/mol. The lowest BCUT2D eigenvalue weighted by Gasteiger charge is -2.30. The minimum atomic E-state index is -0.781. The Bertz CT molecular complexity index is 232. The van der Waals surface area contributed by atoms with Crippen LogP contribution in [0.2, 0.25) is 0 Å². The maximum atomic E-state index is 10.5. The van der Waals surface area contributed by atoms with Gasteiger partial charge in [0, 0.05) is 13.5 Å². The Labute approximate surface area is 104 Å². The lowest BCUT2D eigenvalue weighted by atomic mass is 9.98. The van der Waals surface area contributed by atoms with Crippen LogP contribution in [-0.2, 0) is 14.3 Å². The van der Waals surface area contributed by atoms with Gasteiger partial charge in [0.05, 0.1) is 17.8 Å². The van der Waals surface area contributed by atoms with Crippen molar-refractivity contribution in [3.8, 4) is 0 Å². The summed E-state index contributed by atoms with van der Waals surface area (Å²) in [5.41, 5.74) is -0.538. The number of rotatable bonds is 9. The van der Waals surface area contributed by atoms with Crippen molar-refractivity contribution in [2.75, 3.05) is 13.7 Å². The molecule has 0 aromatic carbocycles. The number of carbonyl (C=O) groups is 1. The molecule has 0 rings (SSSR count). The summed E-state index contributed by atoms with van der Waals surface area (Å²) in [5.74, 6) is -0.781. The summed E-state index contributed by atoms with van der Waals surface area (Å²) in [6.07, 6.45) is 2.42. The Hall–Kier alpha value is -0.610. The smallest absolute Gasteiger partial charge is 0.303 e. The molecule has 102 valence electrons. The number of carboxylic acids is 1. The van der Waals surface area contributed by atoms with Crippen LogP contribution in [-0.4, -0.2) is 36.0 Å². The third-order valence-corrected chi connectivity index (χ3v) is 3.31. The Kier molecular flexibility index (Phi) is 6.72. The van der Waals surface area contributed by atoms with Crippen LogP contribution < -0.4 is 0 Å². The number of aliphatic carboxylic acids is 1. The van der Waals surface area contributed by atoms with E-state index in [1.165, 1.54) is 0 Å². The molecule has 4 heteroatoms. The van der Waals surface area contributed by atoms with Crippen LogP contribution in [0.4, 0.5) is 0 Å². The van der Waals surface area contributed by atoms with Crippen LogP contribution in [0.3, 0.4) is 0 Å². The van der Waals surface area contributed by atoms with E-state index in [-0.39, 0.29) is 17.6 Å². The predicted octanol–water partition coefficient (Wildman–Crippen LogP) is 2.85. The Morgan fingerprint density at radius 2 is 1.82 bits per heavy atom. The normalized spacial score (nSPS) is 15.6. The van der Waals surface area contributed by atoms with Gasteiger partial charge in [-0.15, -0.1) is 0 Å². The van der Waals surface area contributed by atoms with Crippen LogP contribution in [0.15, 0.2) is 0 Å². The van der Waals surface area contributed by atoms with Gasteiger partial charge in [0.15, 0.2) is 0 Å². The van der Waals surface area contributed by atoms with Crippen molar-refractivity contribution in [3.05, 3.63) is 0 Å². The van der Waals surface area contributed by atoms with Crippen LogP contribution in [0.1, 0.15) is 53.4 Å². The van der Waals surface area contributed by atoms with Crippen molar-refractivity contribution >= 4 is 5.97 Å². The molecular weight excluding hydrogens is 220 g/mol. The highest BCUT2D eigenvalue weighted by atomic mass is 16.5. The maximum Gasteiger partial charge on any atom is 0.303 e. The zero-order valence-corrected chi connectivity index (χ0v) is 11.7. The van der Waals surface area contributed by atoms with E-state index in [4.69, 9.17) is 14.6 Å². The summed E-state index contributed by atoms with van der Waals surface area (Å²) in [4.78, 5) is 10.5. The van der Waals surface area contributed by atoms with Gasteiger partial charge in [-0.25, -0.2) is 0 Å². The van der Waals surface area contributed by atoms with Gasteiger partial charge in [-0.05, 0) is 40.0 Å². The third kappa shape index (κ3) is 7.34. The zero-order valence-electron chi connectivity index (χ0n) is 11.7. The van der Waals surface area contributed by atoms with Gasteiger partial charge in [0.2, 0.25) is 0 Å². The molecule has 0 amide bonds. The van der Waals surface area contributed by atoms with E-state index in [9.17, 15) is 4.79 Å². The average Bonchev–Trinajstić information content (AvgIpc) is 2.26. The first-order valence-electron chi connectivity index (χ1n) is 6.15. The topological polar surface area (TPSA) is 55.8 Å². The second-order valence-corrected chi connectivity index (χ2v) is 5.26.